The minimum Gasteiger partial charge on any atom is -0.355 e. The van der Waals surface area contributed by atoms with Crippen LogP contribution in [-0.4, -0.2) is 65.8 Å². The average molecular weight is 363 g/mol. The zero-order chi connectivity index (χ0) is 19.3. The van der Waals surface area contributed by atoms with Crippen LogP contribution in [0.25, 0.3) is 0 Å². The topological polar surface area (TPSA) is 48.7 Å². The maximum atomic E-state index is 4.61. The van der Waals surface area contributed by atoms with E-state index in [9.17, 15) is 0 Å². The first-order chi connectivity index (χ1) is 12.3. The van der Waals surface area contributed by atoms with E-state index >= 15 is 0 Å². The highest BCUT2D eigenvalue weighted by atomic mass is 15.3. The number of aliphatic imine (C=N–C) groups is 1. The Balaban J connectivity index is 1.86. The van der Waals surface area contributed by atoms with Gasteiger partial charge < -0.3 is 15.1 Å². The second-order valence-corrected chi connectivity index (χ2v) is 8.40. The highest BCUT2D eigenvalue weighted by molar-refractivity contribution is 5.79. The first kappa shape index (κ1) is 20.7. The van der Waals surface area contributed by atoms with Crippen molar-refractivity contribution in [1.82, 2.24) is 24.9 Å². The Morgan fingerprint density at radius 3 is 2.58 bits per heavy atom. The second-order valence-electron chi connectivity index (χ2n) is 8.40. The Kier molecular flexibility index (Phi) is 7.50. The number of likely N-dealkylation sites (tertiary alicyclic amines) is 1. The smallest absolute Gasteiger partial charge is 0.193 e. The summed E-state index contributed by atoms with van der Waals surface area (Å²) in [4.78, 5) is 9.23. The van der Waals surface area contributed by atoms with E-state index in [1.165, 1.54) is 30.8 Å². The lowest BCUT2D eigenvalue weighted by Gasteiger charge is -2.35. The van der Waals surface area contributed by atoms with Gasteiger partial charge in [0, 0.05) is 65.6 Å². The van der Waals surface area contributed by atoms with Gasteiger partial charge in [-0.15, -0.1) is 0 Å². The molecule has 1 aliphatic rings. The summed E-state index contributed by atoms with van der Waals surface area (Å²) in [7, 11) is 5.94. The molecule has 1 fully saturated rings. The molecule has 148 valence electrons. The summed E-state index contributed by atoms with van der Waals surface area (Å²) >= 11 is 0. The molecular weight excluding hydrogens is 324 g/mol. The summed E-state index contributed by atoms with van der Waals surface area (Å²) in [5.41, 5.74) is 2.44. The molecule has 2 heterocycles. The van der Waals surface area contributed by atoms with E-state index in [0.29, 0.717) is 5.92 Å². The molecule has 0 aromatic carbocycles. The molecule has 6 heteroatoms. The lowest BCUT2D eigenvalue weighted by atomic mass is 9.92. The van der Waals surface area contributed by atoms with Crippen molar-refractivity contribution in [2.45, 2.75) is 46.6 Å². The number of hydrogen-bond acceptors (Lipinski definition) is 3. The van der Waals surface area contributed by atoms with Crippen LogP contribution in [-0.2, 0) is 13.6 Å². The van der Waals surface area contributed by atoms with E-state index in [1.807, 2.05) is 18.8 Å². The van der Waals surface area contributed by atoms with Crippen molar-refractivity contribution in [2.75, 3.05) is 40.3 Å². The molecule has 26 heavy (non-hydrogen) atoms. The largest absolute Gasteiger partial charge is 0.355 e. The third kappa shape index (κ3) is 5.73. The van der Waals surface area contributed by atoms with Gasteiger partial charge in [0.1, 0.15) is 0 Å². The third-order valence-electron chi connectivity index (χ3n) is 5.12. The van der Waals surface area contributed by atoms with Crippen LogP contribution in [0, 0.1) is 11.8 Å². The number of piperidine rings is 1. The first-order valence-electron chi connectivity index (χ1n) is 9.96. The van der Waals surface area contributed by atoms with Gasteiger partial charge in [-0.25, -0.2) is 0 Å². The van der Waals surface area contributed by atoms with E-state index < -0.39 is 0 Å². The van der Waals surface area contributed by atoms with Crippen LogP contribution in [0.5, 0.6) is 0 Å². The number of guanidine groups is 1. The zero-order valence-corrected chi connectivity index (χ0v) is 17.8. The number of nitrogens with zero attached hydrogens (tertiary/aromatic N) is 5. The fourth-order valence-corrected chi connectivity index (χ4v) is 4.18. The summed E-state index contributed by atoms with van der Waals surface area (Å²) in [5, 5.41) is 8.14. The molecule has 2 atom stereocenters. The predicted molar refractivity (Wildman–Crippen MR) is 110 cm³/mol. The van der Waals surface area contributed by atoms with Crippen molar-refractivity contribution in [3.05, 3.63) is 17.5 Å². The molecule has 0 saturated carbocycles. The molecule has 1 aromatic heterocycles. The van der Waals surface area contributed by atoms with E-state index in [-0.39, 0.29) is 0 Å². The monoisotopic (exact) mass is 362 g/mol. The normalized spacial score (nSPS) is 22.1. The van der Waals surface area contributed by atoms with Crippen LogP contribution in [0.4, 0.5) is 0 Å². The van der Waals surface area contributed by atoms with Gasteiger partial charge in [-0.3, -0.25) is 9.67 Å². The molecule has 2 unspecified atom stereocenters. The molecular formula is C20H38N6. The van der Waals surface area contributed by atoms with E-state index in [2.05, 4.69) is 66.1 Å². The number of nitrogens with one attached hydrogen (secondary N) is 1. The van der Waals surface area contributed by atoms with Gasteiger partial charge in [0.15, 0.2) is 5.96 Å². The second kappa shape index (κ2) is 9.40. The quantitative estimate of drug-likeness (QED) is 0.624. The summed E-state index contributed by atoms with van der Waals surface area (Å²) < 4.78 is 1.91. The number of aromatic nitrogens is 2. The number of rotatable bonds is 6. The van der Waals surface area contributed by atoms with Gasteiger partial charge in [0.2, 0.25) is 0 Å². The molecule has 2 rings (SSSR count). The molecule has 0 aliphatic carbocycles. The van der Waals surface area contributed by atoms with Crippen molar-refractivity contribution < 1.29 is 0 Å². The molecule has 1 aromatic rings. The van der Waals surface area contributed by atoms with Gasteiger partial charge in [0.05, 0.1) is 5.69 Å². The Hall–Kier alpha value is -1.56. The Labute approximate surface area is 159 Å². The molecule has 0 amide bonds. The summed E-state index contributed by atoms with van der Waals surface area (Å²) in [6.45, 7) is 14.4. The van der Waals surface area contributed by atoms with Crippen molar-refractivity contribution in [2.24, 2.45) is 23.9 Å². The maximum absolute atomic E-state index is 4.61. The fourth-order valence-electron chi connectivity index (χ4n) is 4.18. The predicted octanol–water partition coefficient (Wildman–Crippen LogP) is 2.53. The van der Waals surface area contributed by atoms with Gasteiger partial charge in [0.25, 0.3) is 0 Å². The van der Waals surface area contributed by atoms with E-state index in [1.54, 1.807) is 0 Å². The maximum Gasteiger partial charge on any atom is 0.193 e. The van der Waals surface area contributed by atoms with Gasteiger partial charge >= 0.3 is 0 Å². The van der Waals surface area contributed by atoms with E-state index in [4.69, 9.17) is 0 Å². The average Bonchev–Trinajstić information content (AvgIpc) is 2.91. The van der Waals surface area contributed by atoms with Crippen LogP contribution < -0.4 is 5.32 Å². The first-order valence-corrected chi connectivity index (χ1v) is 9.96. The molecule has 0 spiro atoms. The SMILES string of the molecule is CN=C(NCCN1CC(C)CC(C)C1)N(C)Cc1cn(C)nc1C(C)C. The molecule has 6 nitrogen and oxygen atoms in total. The third-order valence-corrected chi connectivity index (χ3v) is 5.12. The summed E-state index contributed by atoms with van der Waals surface area (Å²) in [5.74, 6) is 2.99. The number of hydrogen-bond donors (Lipinski definition) is 1. The van der Waals surface area contributed by atoms with Crippen molar-refractivity contribution in [1.29, 1.82) is 0 Å². The van der Waals surface area contributed by atoms with Crippen LogP contribution in [0.3, 0.4) is 0 Å². The minimum absolute atomic E-state index is 0.428. The molecule has 1 N–H and O–H groups in total. The molecule has 1 aliphatic heterocycles. The van der Waals surface area contributed by atoms with E-state index in [0.717, 1.165) is 37.4 Å². The van der Waals surface area contributed by atoms with Crippen LogP contribution in [0.2, 0.25) is 0 Å². The van der Waals surface area contributed by atoms with Gasteiger partial charge in [-0.1, -0.05) is 27.7 Å². The van der Waals surface area contributed by atoms with Crippen molar-refractivity contribution in [3.63, 3.8) is 0 Å². The summed E-state index contributed by atoms with van der Waals surface area (Å²) in [6.07, 6.45) is 3.48. The lowest BCUT2D eigenvalue weighted by Crippen LogP contribution is -2.45. The highest BCUT2D eigenvalue weighted by Gasteiger charge is 2.21. The van der Waals surface area contributed by atoms with Crippen molar-refractivity contribution in [3.8, 4) is 0 Å². The molecule has 1 saturated heterocycles. The van der Waals surface area contributed by atoms with Crippen molar-refractivity contribution >= 4 is 5.96 Å². The van der Waals surface area contributed by atoms with Gasteiger partial charge in [-0.2, -0.15) is 5.10 Å². The zero-order valence-electron chi connectivity index (χ0n) is 17.8. The van der Waals surface area contributed by atoms with Gasteiger partial charge in [-0.05, 0) is 24.2 Å². The van der Waals surface area contributed by atoms with Crippen LogP contribution in [0.15, 0.2) is 11.2 Å². The standard InChI is InChI=1S/C20H38N6/c1-15(2)19-18(14-25(7)23-19)13-24(6)20(21-5)22-8-9-26-11-16(3)10-17(4)12-26/h14-17H,8-13H2,1-7H3,(H,21,22). The highest BCUT2D eigenvalue weighted by Crippen LogP contribution is 2.20. The number of aryl methyl sites for hydroxylation is 1. The van der Waals surface area contributed by atoms with Crippen LogP contribution >= 0.6 is 0 Å². The minimum atomic E-state index is 0.428. The summed E-state index contributed by atoms with van der Waals surface area (Å²) in [6, 6.07) is 0. The molecule has 0 bridgehead atoms. The Morgan fingerprint density at radius 1 is 1.35 bits per heavy atom. The Morgan fingerprint density at radius 2 is 2.00 bits per heavy atom. The fraction of sp³-hybridized carbons (Fsp3) is 0.800. The Bertz CT molecular complexity index is 581. The molecule has 0 radical (unpaired) electrons. The lowest BCUT2D eigenvalue weighted by molar-refractivity contribution is 0.143. The van der Waals surface area contributed by atoms with Crippen LogP contribution in [0.1, 0.15) is 51.3 Å².